The van der Waals surface area contributed by atoms with Gasteiger partial charge in [0.05, 0.1) is 30.5 Å². The van der Waals surface area contributed by atoms with Gasteiger partial charge in [-0.2, -0.15) is 11.8 Å². The van der Waals surface area contributed by atoms with E-state index in [9.17, 15) is 19.8 Å². The average Bonchev–Trinajstić information content (AvgIpc) is 3.82. The number of hydrogen-bond donors (Lipinski definition) is 4. The number of para-hydroxylation sites is 1. The number of phenolic OH excluding ortho intramolecular Hbond substituents is 1. The van der Waals surface area contributed by atoms with E-state index >= 15 is 0 Å². The number of aryl methyl sites for hydroxylation is 1. The smallest absolute Gasteiger partial charge is 0.320 e. The van der Waals surface area contributed by atoms with Crippen LogP contribution < -0.4 is 30.4 Å². The van der Waals surface area contributed by atoms with Crippen LogP contribution in [0.2, 0.25) is 0 Å². The molecular formula is C42H48N4O10S. The molecule has 302 valence electrons. The van der Waals surface area contributed by atoms with Gasteiger partial charge in [0.25, 0.3) is 0 Å². The summed E-state index contributed by atoms with van der Waals surface area (Å²) in [5, 5.41) is 24.9. The zero-order valence-electron chi connectivity index (χ0n) is 32.8. The zero-order valence-corrected chi connectivity index (χ0v) is 33.6. The highest BCUT2D eigenvalue weighted by Crippen LogP contribution is 2.64. The number of phenols is 1. The SMILES string of the molecule is COc1c(C)cc2c(c1O)[C@H]1[C@@H]3[C@@H]4SC[C@@](C)(c5oc6ccccc6c5C[C@H](N)CN)C(=O)OC[C@@H](c5c6c(c(C)c(OC(C)=O)c54)OCO6)N3[C@@H](O)C(C2)N1C. The van der Waals surface area contributed by atoms with Gasteiger partial charge in [-0.1, -0.05) is 24.3 Å². The van der Waals surface area contributed by atoms with Crippen LogP contribution in [0.1, 0.15) is 75.9 Å². The van der Waals surface area contributed by atoms with Crippen molar-refractivity contribution in [3.63, 3.8) is 0 Å². The molecule has 7 heterocycles. The summed E-state index contributed by atoms with van der Waals surface area (Å²) in [5.74, 6) is 1.21. The summed E-state index contributed by atoms with van der Waals surface area (Å²) in [7, 11) is 3.50. The number of benzene rings is 3. The third kappa shape index (κ3) is 5.50. The minimum absolute atomic E-state index is 0.0406. The molecule has 2 fully saturated rings. The number of fused-ring (bicyclic) bond motifs is 11. The van der Waals surface area contributed by atoms with Crippen LogP contribution in [0.25, 0.3) is 11.0 Å². The lowest BCUT2D eigenvalue weighted by Crippen LogP contribution is -2.69. The summed E-state index contributed by atoms with van der Waals surface area (Å²) in [6.07, 6.45) is -0.223. The van der Waals surface area contributed by atoms with Crippen molar-refractivity contribution in [1.29, 1.82) is 0 Å². The molecule has 4 aromatic rings. The highest BCUT2D eigenvalue weighted by Gasteiger charge is 2.61. The first-order valence-corrected chi connectivity index (χ1v) is 20.3. The van der Waals surface area contributed by atoms with Crippen LogP contribution in [0, 0.1) is 13.8 Å². The quantitative estimate of drug-likeness (QED) is 0.160. The topological polar surface area (TPSA) is 192 Å². The molecule has 15 heteroatoms. The molecule has 4 bridgehead atoms. The number of furan rings is 1. The molecule has 0 saturated carbocycles. The van der Waals surface area contributed by atoms with Crippen molar-refractivity contribution < 1.29 is 47.9 Å². The summed E-state index contributed by atoms with van der Waals surface area (Å²) in [6.45, 7) is 6.89. The van der Waals surface area contributed by atoms with Gasteiger partial charge in [-0.3, -0.25) is 19.4 Å². The second-order valence-corrected chi connectivity index (χ2v) is 17.2. The Balaban J connectivity index is 1.30. The van der Waals surface area contributed by atoms with Gasteiger partial charge in [-0.05, 0) is 57.9 Å². The van der Waals surface area contributed by atoms with Gasteiger partial charge >= 0.3 is 11.9 Å². The number of aromatic hydroxyl groups is 1. The van der Waals surface area contributed by atoms with E-state index in [4.69, 9.17) is 39.6 Å². The number of likely N-dealkylation sites (N-methyl/N-ethyl adjacent to an activating group) is 1. The average molecular weight is 801 g/mol. The molecule has 0 amide bonds. The van der Waals surface area contributed by atoms with E-state index in [2.05, 4.69) is 4.90 Å². The van der Waals surface area contributed by atoms with E-state index in [0.29, 0.717) is 69.4 Å². The fraction of sp³-hybridized carbons (Fsp3) is 0.476. The van der Waals surface area contributed by atoms with Crippen LogP contribution in [0.5, 0.6) is 28.7 Å². The largest absolute Gasteiger partial charge is 0.504 e. The Hall–Kier alpha value is -4.51. The molecule has 6 aliphatic heterocycles. The van der Waals surface area contributed by atoms with Crippen molar-refractivity contribution in [1.82, 2.24) is 9.80 Å². The molecule has 6 aliphatic rings. The number of rotatable bonds is 6. The van der Waals surface area contributed by atoms with Gasteiger partial charge < -0.3 is 49.8 Å². The number of nitrogens with zero attached hydrogens (tertiary/aromatic N) is 2. The predicted molar refractivity (Wildman–Crippen MR) is 211 cm³/mol. The summed E-state index contributed by atoms with van der Waals surface area (Å²) in [4.78, 5) is 31.9. The van der Waals surface area contributed by atoms with Crippen LogP contribution >= 0.6 is 11.8 Å². The van der Waals surface area contributed by atoms with Gasteiger partial charge in [0, 0.05) is 64.5 Å². The van der Waals surface area contributed by atoms with E-state index in [-0.39, 0.29) is 31.4 Å². The van der Waals surface area contributed by atoms with Gasteiger partial charge in [-0.15, -0.1) is 0 Å². The van der Waals surface area contributed by atoms with Gasteiger partial charge in [-0.25, -0.2) is 0 Å². The molecule has 57 heavy (non-hydrogen) atoms. The molecule has 1 unspecified atom stereocenters. The molecule has 3 aromatic carbocycles. The molecular weight excluding hydrogens is 753 g/mol. The van der Waals surface area contributed by atoms with Crippen molar-refractivity contribution in [2.45, 2.75) is 87.6 Å². The summed E-state index contributed by atoms with van der Waals surface area (Å²) in [6, 6.07) is 7.01. The Labute approximate surface area is 334 Å². The van der Waals surface area contributed by atoms with Crippen LogP contribution in [-0.4, -0.2) is 96.2 Å². The number of aliphatic hydroxyl groups is 1. The maximum absolute atomic E-state index is 14.8. The first-order valence-electron chi connectivity index (χ1n) is 19.3. The first-order chi connectivity index (χ1) is 27.3. The highest BCUT2D eigenvalue weighted by atomic mass is 32.2. The molecule has 14 nitrogen and oxygen atoms in total. The van der Waals surface area contributed by atoms with E-state index in [0.717, 1.165) is 22.1 Å². The normalized spacial score (nSPS) is 28.3. The Morgan fingerprint density at radius 1 is 1.12 bits per heavy atom. The van der Waals surface area contributed by atoms with Crippen molar-refractivity contribution in [2.75, 3.05) is 39.9 Å². The van der Waals surface area contributed by atoms with Crippen molar-refractivity contribution in [3.05, 3.63) is 75.0 Å². The second kappa shape index (κ2) is 13.8. The molecule has 0 radical (unpaired) electrons. The van der Waals surface area contributed by atoms with Crippen molar-refractivity contribution in [2.24, 2.45) is 11.5 Å². The van der Waals surface area contributed by atoms with Crippen LogP contribution in [0.3, 0.4) is 0 Å². The van der Waals surface area contributed by atoms with Crippen LogP contribution in [-0.2, 0) is 32.6 Å². The lowest BCUT2D eigenvalue weighted by Gasteiger charge is -2.62. The molecule has 0 spiro atoms. The molecule has 1 aromatic heterocycles. The molecule has 10 rings (SSSR count). The Morgan fingerprint density at radius 2 is 1.88 bits per heavy atom. The third-order valence-electron chi connectivity index (χ3n) is 12.7. The number of ether oxygens (including phenoxy) is 5. The van der Waals surface area contributed by atoms with Gasteiger partial charge in [0.15, 0.2) is 23.0 Å². The standard InChI is InChI=1S/C42H48N4O10S/c1-18-11-21-12-25-40(49)46-26-15-52-41(50)42(4,39-24(13-22(44)14-43)23-9-7-8-10-27(23)56-39)16-57-38(32(46)31(45(25)5)28(21)33(48)34(18)51-6)30-29(26)37-36(53-17-54-37)19(2)35(30)55-20(3)47/h7-11,22,25-26,31-32,38,40,48-49H,12-17,43-44H2,1-6H3/t22-,25?,26-,31-,32+,38+,40-,42-/m0/s1. The van der Waals surface area contributed by atoms with Crippen LogP contribution in [0.4, 0.5) is 0 Å². The highest BCUT2D eigenvalue weighted by molar-refractivity contribution is 7.99. The summed E-state index contributed by atoms with van der Waals surface area (Å²) < 4.78 is 37.2. The monoisotopic (exact) mass is 800 g/mol. The fourth-order valence-corrected chi connectivity index (χ4v) is 11.8. The molecule has 2 saturated heterocycles. The van der Waals surface area contributed by atoms with E-state index in [1.165, 1.54) is 25.8 Å². The maximum Gasteiger partial charge on any atom is 0.320 e. The molecule has 6 N–H and O–H groups in total. The number of methoxy groups -OCH3 is 1. The Morgan fingerprint density at radius 3 is 2.61 bits per heavy atom. The fourth-order valence-electron chi connectivity index (χ4n) is 10.1. The lowest BCUT2D eigenvalue weighted by molar-refractivity contribution is -0.186. The van der Waals surface area contributed by atoms with Crippen molar-refractivity contribution >= 4 is 34.7 Å². The lowest BCUT2D eigenvalue weighted by atomic mass is 9.73. The third-order valence-corrected chi connectivity index (χ3v) is 14.3. The minimum Gasteiger partial charge on any atom is -0.504 e. The van der Waals surface area contributed by atoms with E-state index in [1.807, 2.05) is 63.1 Å². The zero-order chi connectivity index (χ0) is 40.2. The summed E-state index contributed by atoms with van der Waals surface area (Å²) in [5.41, 5.74) is 16.9. The number of aliphatic hydroxyl groups excluding tert-OH is 1. The number of hydrogen-bond acceptors (Lipinski definition) is 15. The van der Waals surface area contributed by atoms with E-state index in [1.54, 1.807) is 0 Å². The van der Waals surface area contributed by atoms with Crippen LogP contribution in [0.15, 0.2) is 34.7 Å². The molecule has 8 atom stereocenters. The number of nitrogens with two attached hydrogens (primary N) is 2. The van der Waals surface area contributed by atoms with Gasteiger partial charge in [0.2, 0.25) is 6.79 Å². The van der Waals surface area contributed by atoms with Crippen molar-refractivity contribution in [3.8, 4) is 28.7 Å². The number of esters is 2. The second-order valence-electron chi connectivity index (χ2n) is 16.1. The number of carbonyl (C=O) groups is 2. The number of thioether (sulfide) groups is 1. The number of piperazine rings is 1. The first kappa shape index (κ1) is 38.0. The molecule has 0 aliphatic carbocycles. The predicted octanol–water partition coefficient (Wildman–Crippen LogP) is 4.19. The summed E-state index contributed by atoms with van der Waals surface area (Å²) >= 11 is 1.48. The Kier molecular flexibility index (Phi) is 9.21. The van der Waals surface area contributed by atoms with Gasteiger partial charge in [0.1, 0.15) is 35.3 Å². The number of carbonyl (C=O) groups excluding carboxylic acids is 2. The Bertz CT molecular complexity index is 2330. The van der Waals surface area contributed by atoms with E-state index < -0.39 is 59.0 Å². The minimum atomic E-state index is -1.34. The maximum atomic E-state index is 14.8.